The number of hydrogen-bond acceptors (Lipinski definition) is 6. The van der Waals surface area contributed by atoms with Gasteiger partial charge in [0.1, 0.15) is 22.8 Å². The Kier molecular flexibility index (Phi) is 13.4. The van der Waals surface area contributed by atoms with E-state index in [1.54, 1.807) is 19.3 Å². The molecule has 3 rings (SSSR count). The minimum absolute atomic E-state index is 0.120. The summed E-state index contributed by atoms with van der Waals surface area (Å²) >= 11 is 0. The van der Waals surface area contributed by atoms with Crippen molar-refractivity contribution in [1.82, 2.24) is 10.2 Å². The highest BCUT2D eigenvalue weighted by Gasteiger charge is 2.29. The summed E-state index contributed by atoms with van der Waals surface area (Å²) < 4.78 is 17.9. The van der Waals surface area contributed by atoms with Gasteiger partial charge in [0.15, 0.2) is 5.78 Å². The van der Waals surface area contributed by atoms with Crippen molar-refractivity contribution < 1.29 is 19.0 Å². The second kappa shape index (κ2) is 16.9. The molecule has 1 aliphatic rings. The summed E-state index contributed by atoms with van der Waals surface area (Å²) in [6, 6.07) is 11.5. The van der Waals surface area contributed by atoms with E-state index >= 15 is 0 Å². The second-order valence-electron chi connectivity index (χ2n) is 11.2. The van der Waals surface area contributed by atoms with Gasteiger partial charge < -0.3 is 24.4 Å². The molecule has 0 aliphatic carbocycles. The molecule has 1 atom stereocenters. The molecule has 1 aliphatic heterocycles. The van der Waals surface area contributed by atoms with Crippen LogP contribution in [0.1, 0.15) is 81.8 Å². The van der Waals surface area contributed by atoms with Gasteiger partial charge in [-0.05, 0) is 127 Å². The molecule has 1 unspecified atom stereocenters. The molecule has 0 saturated carbocycles. The zero-order chi connectivity index (χ0) is 30.4. The molecule has 1 heterocycles. The Bertz CT molecular complexity index is 1220. The summed E-state index contributed by atoms with van der Waals surface area (Å²) in [7, 11) is 1.59. The van der Waals surface area contributed by atoms with E-state index in [9.17, 15) is 4.79 Å². The maximum absolute atomic E-state index is 13.1. The van der Waals surface area contributed by atoms with Crippen LogP contribution in [0.2, 0.25) is 0 Å². The predicted octanol–water partition coefficient (Wildman–Crippen LogP) is 7.59. The van der Waals surface area contributed by atoms with Gasteiger partial charge in [0.25, 0.3) is 0 Å². The van der Waals surface area contributed by atoms with Gasteiger partial charge >= 0.3 is 0 Å². The first-order valence-corrected chi connectivity index (χ1v) is 15.4. The van der Waals surface area contributed by atoms with E-state index in [4.69, 9.17) is 14.2 Å². The van der Waals surface area contributed by atoms with E-state index in [0.717, 1.165) is 74.6 Å². The van der Waals surface area contributed by atoms with E-state index < -0.39 is 5.60 Å². The highest BCUT2D eigenvalue weighted by molar-refractivity contribution is 6.09. The summed E-state index contributed by atoms with van der Waals surface area (Å²) in [5.74, 6) is 1.98. The van der Waals surface area contributed by atoms with Crippen molar-refractivity contribution in [3.05, 3.63) is 76.9 Å². The van der Waals surface area contributed by atoms with Gasteiger partial charge in [-0.3, -0.25) is 4.79 Å². The smallest absolute Gasteiger partial charge is 0.189 e. The molecule has 42 heavy (non-hydrogen) atoms. The van der Waals surface area contributed by atoms with Crippen LogP contribution in [0.4, 0.5) is 0 Å². The number of carbonyl (C=O) groups is 1. The monoisotopic (exact) mass is 574 g/mol. The molecule has 1 N–H and O–H groups in total. The number of fused-ring (bicyclic) bond motifs is 1. The van der Waals surface area contributed by atoms with Crippen molar-refractivity contribution in [3.8, 4) is 17.2 Å². The van der Waals surface area contributed by atoms with Crippen LogP contribution in [-0.4, -0.2) is 62.7 Å². The fourth-order valence-electron chi connectivity index (χ4n) is 4.99. The van der Waals surface area contributed by atoms with Crippen LogP contribution in [0.25, 0.3) is 12.2 Å². The second-order valence-corrected chi connectivity index (χ2v) is 11.2. The van der Waals surface area contributed by atoms with Crippen LogP contribution in [0.15, 0.2) is 60.2 Å². The first-order valence-electron chi connectivity index (χ1n) is 15.4. The number of methoxy groups -OCH3 is 1. The maximum atomic E-state index is 13.1. The van der Waals surface area contributed by atoms with Crippen molar-refractivity contribution in [2.24, 2.45) is 0 Å². The Morgan fingerprint density at radius 2 is 1.79 bits per heavy atom. The van der Waals surface area contributed by atoms with Gasteiger partial charge in [0, 0.05) is 0 Å². The van der Waals surface area contributed by atoms with E-state index in [2.05, 4.69) is 57.0 Å². The minimum atomic E-state index is -0.396. The fourth-order valence-corrected chi connectivity index (χ4v) is 4.99. The Hall–Kier alpha value is -3.35. The number of allylic oxidation sites excluding steroid dienone is 3. The number of ketones is 1. The molecule has 2 aromatic rings. The van der Waals surface area contributed by atoms with Crippen molar-refractivity contribution in [3.63, 3.8) is 0 Å². The van der Waals surface area contributed by atoms with Gasteiger partial charge in [0.2, 0.25) is 0 Å². The zero-order valence-corrected chi connectivity index (χ0v) is 26.5. The summed E-state index contributed by atoms with van der Waals surface area (Å²) in [5, 5.41) is 3.49. The molecule has 0 bridgehead atoms. The average Bonchev–Trinajstić information content (AvgIpc) is 2.98. The number of rotatable bonds is 18. The van der Waals surface area contributed by atoms with Gasteiger partial charge in [-0.15, -0.1) is 0 Å². The van der Waals surface area contributed by atoms with Crippen molar-refractivity contribution in [1.29, 1.82) is 0 Å². The van der Waals surface area contributed by atoms with Crippen LogP contribution in [0, 0.1) is 0 Å². The van der Waals surface area contributed by atoms with E-state index in [-0.39, 0.29) is 5.78 Å². The Morgan fingerprint density at radius 1 is 1.05 bits per heavy atom. The molecule has 6 nitrogen and oxygen atoms in total. The van der Waals surface area contributed by atoms with Gasteiger partial charge in [-0.2, -0.15) is 0 Å². The SMILES string of the molecule is CCN(CC)CCCNCCCOc1ccc(/C=C/C(=O)c2ccc3c(c2OC)C=CC(C)(CCC=C(C)C)O3)cc1. The summed E-state index contributed by atoms with van der Waals surface area (Å²) in [6.07, 6.45) is 13.7. The van der Waals surface area contributed by atoms with Crippen LogP contribution < -0.4 is 19.5 Å². The molecule has 0 saturated heterocycles. The molecule has 0 radical (unpaired) electrons. The molecule has 6 heteroatoms. The molecular formula is C36H50N2O4. The fraction of sp³-hybridized carbons (Fsp3) is 0.472. The predicted molar refractivity (Wildman–Crippen MR) is 175 cm³/mol. The van der Waals surface area contributed by atoms with Crippen LogP contribution in [0.3, 0.4) is 0 Å². The van der Waals surface area contributed by atoms with E-state index in [1.165, 1.54) is 12.0 Å². The highest BCUT2D eigenvalue weighted by atomic mass is 16.5. The lowest BCUT2D eigenvalue weighted by molar-refractivity contribution is 0.104. The number of carbonyl (C=O) groups excluding carboxylic acids is 1. The molecule has 0 fully saturated rings. The molecule has 0 amide bonds. The standard InChI is InChI=1S/C36H50N2O4/c1-7-38(8-2)26-10-24-37-25-11-27-41-30-16-13-29(14-17-30)15-19-33(39)31-18-20-34-32(35(31)40-6)21-23-36(5,42-34)22-9-12-28(3)4/h12-21,23,37H,7-11,22,24-27H2,1-6H3/b19-15+. The van der Waals surface area contributed by atoms with E-state index in [0.29, 0.717) is 17.9 Å². The number of ether oxygens (including phenoxy) is 3. The largest absolute Gasteiger partial charge is 0.495 e. The number of benzene rings is 2. The Labute approximate surface area is 253 Å². The third-order valence-corrected chi connectivity index (χ3v) is 7.56. The number of hydrogen-bond donors (Lipinski definition) is 1. The molecule has 0 aromatic heterocycles. The lowest BCUT2D eigenvalue weighted by Crippen LogP contribution is -2.31. The average molecular weight is 575 g/mol. The van der Waals surface area contributed by atoms with Gasteiger partial charge in [0.05, 0.1) is 24.8 Å². The molecular weight excluding hydrogens is 524 g/mol. The van der Waals surface area contributed by atoms with Crippen LogP contribution >= 0.6 is 0 Å². The highest BCUT2D eigenvalue weighted by Crippen LogP contribution is 2.40. The zero-order valence-electron chi connectivity index (χ0n) is 26.5. The van der Waals surface area contributed by atoms with Crippen molar-refractivity contribution >= 4 is 17.9 Å². The van der Waals surface area contributed by atoms with Crippen LogP contribution in [-0.2, 0) is 0 Å². The summed E-state index contributed by atoms with van der Waals surface area (Å²) in [6.45, 7) is 16.7. The first-order chi connectivity index (χ1) is 20.3. The van der Waals surface area contributed by atoms with E-state index in [1.807, 2.05) is 42.5 Å². The Balaban J connectivity index is 1.49. The van der Waals surface area contributed by atoms with Crippen molar-refractivity contribution in [2.75, 3.05) is 46.4 Å². The first kappa shape index (κ1) is 33.2. The van der Waals surface area contributed by atoms with Crippen LogP contribution in [0.5, 0.6) is 17.2 Å². The number of nitrogens with zero attached hydrogens (tertiary/aromatic N) is 1. The van der Waals surface area contributed by atoms with Gasteiger partial charge in [-0.1, -0.05) is 43.7 Å². The lowest BCUT2D eigenvalue weighted by Gasteiger charge is -2.32. The molecule has 2 aromatic carbocycles. The number of nitrogens with one attached hydrogen (secondary N) is 1. The third kappa shape index (κ3) is 10.2. The molecule has 228 valence electrons. The summed E-state index contributed by atoms with van der Waals surface area (Å²) in [4.78, 5) is 15.6. The maximum Gasteiger partial charge on any atom is 0.189 e. The third-order valence-electron chi connectivity index (χ3n) is 7.56. The topological polar surface area (TPSA) is 60.0 Å². The van der Waals surface area contributed by atoms with Gasteiger partial charge in [-0.25, -0.2) is 0 Å². The molecule has 0 spiro atoms. The summed E-state index contributed by atoms with van der Waals surface area (Å²) in [5.41, 5.74) is 3.14. The minimum Gasteiger partial charge on any atom is -0.495 e. The Morgan fingerprint density at radius 3 is 2.48 bits per heavy atom. The lowest BCUT2D eigenvalue weighted by atomic mass is 9.93. The quantitative estimate of drug-likeness (QED) is 0.0857. The van der Waals surface area contributed by atoms with Crippen molar-refractivity contribution in [2.45, 2.75) is 65.9 Å². The normalized spacial score (nSPS) is 15.9.